The van der Waals surface area contributed by atoms with Crippen LogP contribution in [0.1, 0.15) is 27.0 Å². The number of ketones is 1. The van der Waals surface area contributed by atoms with Crippen molar-refractivity contribution < 1.29 is 23.9 Å². The normalized spacial score (nSPS) is 14.8. The van der Waals surface area contributed by atoms with Gasteiger partial charge in [-0.25, -0.2) is 9.59 Å². The standard InChI is InChI=1S/C26H22BrNO5/c27-22-12-10-19(11-13-22)24(29)17-32-25(30)23-14-20-8-4-5-9-21(20)15-28(23)26(31)33-16-18-6-2-1-3-7-18/h1-13,23H,14-17H2/t23-/m1/s1. The minimum atomic E-state index is -0.874. The quantitative estimate of drug-likeness (QED) is 0.349. The Balaban J connectivity index is 1.45. The topological polar surface area (TPSA) is 72.9 Å². The van der Waals surface area contributed by atoms with Crippen molar-refractivity contribution >= 4 is 33.8 Å². The van der Waals surface area contributed by atoms with Gasteiger partial charge >= 0.3 is 12.1 Å². The van der Waals surface area contributed by atoms with Gasteiger partial charge in [-0.2, -0.15) is 0 Å². The molecule has 1 aliphatic heterocycles. The van der Waals surface area contributed by atoms with E-state index in [9.17, 15) is 14.4 Å². The SMILES string of the molecule is O=C(COC(=O)[C@H]1Cc2ccccc2CN1C(=O)OCc1ccccc1)c1ccc(Br)cc1. The summed E-state index contributed by atoms with van der Waals surface area (Å²) >= 11 is 3.32. The first-order chi connectivity index (χ1) is 16.0. The van der Waals surface area contributed by atoms with E-state index in [1.54, 1.807) is 24.3 Å². The van der Waals surface area contributed by atoms with Gasteiger partial charge in [-0.15, -0.1) is 0 Å². The zero-order valence-electron chi connectivity index (χ0n) is 17.8. The summed E-state index contributed by atoms with van der Waals surface area (Å²) in [6.07, 6.45) is -0.309. The number of halogens is 1. The number of carbonyl (C=O) groups excluding carboxylic acids is 3. The fourth-order valence-electron chi connectivity index (χ4n) is 3.68. The Kier molecular flexibility index (Phi) is 7.19. The molecule has 6 nitrogen and oxygen atoms in total. The van der Waals surface area contributed by atoms with Gasteiger partial charge in [0, 0.05) is 16.5 Å². The third-order valence-electron chi connectivity index (χ3n) is 5.47. The van der Waals surface area contributed by atoms with Crippen LogP contribution in [0, 0.1) is 0 Å². The van der Waals surface area contributed by atoms with Crippen LogP contribution in [0.3, 0.4) is 0 Å². The fourth-order valence-corrected chi connectivity index (χ4v) is 3.94. The van der Waals surface area contributed by atoms with Crippen molar-refractivity contribution in [1.29, 1.82) is 0 Å². The fraction of sp³-hybridized carbons (Fsp3) is 0.192. The lowest BCUT2D eigenvalue weighted by molar-refractivity contribution is -0.149. The van der Waals surface area contributed by atoms with E-state index in [-0.39, 0.29) is 18.9 Å². The van der Waals surface area contributed by atoms with E-state index in [2.05, 4.69) is 15.9 Å². The summed E-state index contributed by atoms with van der Waals surface area (Å²) in [5.41, 5.74) is 3.21. The Hall–Kier alpha value is -3.45. The summed E-state index contributed by atoms with van der Waals surface area (Å²) in [7, 11) is 0. The molecular weight excluding hydrogens is 486 g/mol. The van der Waals surface area contributed by atoms with E-state index in [1.807, 2.05) is 54.6 Å². The number of ether oxygens (including phenoxy) is 2. The van der Waals surface area contributed by atoms with Crippen molar-refractivity contribution in [1.82, 2.24) is 4.90 Å². The predicted molar refractivity (Wildman–Crippen MR) is 126 cm³/mol. The number of hydrogen-bond acceptors (Lipinski definition) is 5. The maximum absolute atomic E-state index is 13.0. The molecule has 0 fully saturated rings. The number of hydrogen-bond donors (Lipinski definition) is 0. The highest BCUT2D eigenvalue weighted by molar-refractivity contribution is 9.10. The smallest absolute Gasteiger partial charge is 0.411 e. The van der Waals surface area contributed by atoms with Crippen LogP contribution in [0.15, 0.2) is 83.3 Å². The zero-order chi connectivity index (χ0) is 23.2. The highest BCUT2D eigenvalue weighted by atomic mass is 79.9. The number of Topliss-reactive ketones (excluding diaryl/α,β-unsaturated/α-hetero) is 1. The van der Waals surface area contributed by atoms with Gasteiger partial charge in [0.2, 0.25) is 0 Å². The number of fused-ring (bicyclic) bond motifs is 1. The molecule has 1 atom stereocenters. The summed E-state index contributed by atoms with van der Waals surface area (Å²) in [5, 5.41) is 0. The number of benzene rings is 3. The van der Waals surface area contributed by atoms with Gasteiger partial charge in [0.25, 0.3) is 0 Å². The van der Waals surface area contributed by atoms with Crippen molar-refractivity contribution in [3.8, 4) is 0 Å². The number of carbonyl (C=O) groups is 3. The molecule has 0 aromatic heterocycles. The molecule has 0 spiro atoms. The summed E-state index contributed by atoms with van der Waals surface area (Å²) < 4.78 is 11.7. The third kappa shape index (κ3) is 5.68. The molecule has 7 heteroatoms. The molecule has 1 heterocycles. The Bertz CT molecular complexity index is 1150. The Morgan fingerprint density at radius 1 is 0.848 bits per heavy atom. The predicted octanol–water partition coefficient (Wildman–Crippen LogP) is 4.94. The van der Waals surface area contributed by atoms with E-state index < -0.39 is 24.7 Å². The molecule has 33 heavy (non-hydrogen) atoms. The van der Waals surface area contributed by atoms with Crippen LogP contribution in [0.5, 0.6) is 0 Å². The summed E-state index contributed by atoms with van der Waals surface area (Å²) in [6.45, 7) is -0.0720. The second kappa shape index (κ2) is 10.4. The van der Waals surface area contributed by atoms with E-state index in [4.69, 9.17) is 9.47 Å². The van der Waals surface area contributed by atoms with Gasteiger partial charge < -0.3 is 9.47 Å². The average Bonchev–Trinajstić information content (AvgIpc) is 2.86. The third-order valence-corrected chi connectivity index (χ3v) is 6.00. The minimum Gasteiger partial charge on any atom is -0.456 e. The van der Waals surface area contributed by atoms with E-state index >= 15 is 0 Å². The van der Waals surface area contributed by atoms with Gasteiger partial charge in [0.05, 0.1) is 6.54 Å². The van der Waals surface area contributed by atoms with E-state index in [1.165, 1.54) is 4.90 Å². The van der Waals surface area contributed by atoms with E-state index in [0.29, 0.717) is 12.0 Å². The van der Waals surface area contributed by atoms with Crippen LogP contribution in [0.4, 0.5) is 4.79 Å². The lowest BCUT2D eigenvalue weighted by Crippen LogP contribution is -2.49. The molecule has 0 saturated heterocycles. The number of esters is 1. The summed E-state index contributed by atoms with van der Waals surface area (Å²) in [6, 6.07) is 22.9. The Labute approximate surface area is 200 Å². The molecule has 0 bridgehead atoms. The van der Waals surface area contributed by atoms with Crippen molar-refractivity contribution in [2.24, 2.45) is 0 Å². The molecule has 3 aromatic carbocycles. The van der Waals surface area contributed by atoms with Crippen LogP contribution >= 0.6 is 15.9 Å². The first kappa shape index (κ1) is 22.7. The second-order valence-corrected chi connectivity index (χ2v) is 8.61. The van der Waals surface area contributed by atoms with Crippen LogP contribution in [0.2, 0.25) is 0 Å². The lowest BCUT2D eigenvalue weighted by atomic mass is 9.94. The van der Waals surface area contributed by atoms with Crippen LogP contribution in [0.25, 0.3) is 0 Å². The number of nitrogens with zero attached hydrogens (tertiary/aromatic N) is 1. The molecule has 0 aliphatic carbocycles. The maximum atomic E-state index is 13.0. The van der Waals surface area contributed by atoms with Crippen LogP contribution in [-0.2, 0) is 33.8 Å². The van der Waals surface area contributed by atoms with Gasteiger partial charge in [-0.3, -0.25) is 9.69 Å². The van der Waals surface area contributed by atoms with Crippen molar-refractivity contribution in [3.63, 3.8) is 0 Å². The zero-order valence-corrected chi connectivity index (χ0v) is 19.4. The van der Waals surface area contributed by atoms with Crippen molar-refractivity contribution in [2.45, 2.75) is 25.6 Å². The van der Waals surface area contributed by atoms with Gasteiger partial charge in [0.1, 0.15) is 12.6 Å². The molecule has 0 radical (unpaired) electrons. The molecule has 1 aliphatic rings. The molecule has 0 saturated carbocycles. The molecule has 1 amide bonds. The molecule has 0 unspecified atom stereocenters. The van der Waals surface area contributed by atoms with Gasteiger partial charge in [-0.1, -0.05) is 82.7 Å². The monoisotopic (exact) mass is 507 g/mol. The van der Waals surface area contributed by atoms with Crippen LogP contribution < -0.4 is 0 Å². The summed E-state index contributed by atoms with van der Waals surface area (Å²) in [5.74, 6) is -0.947. The van der Waals surface area contributed by atoms with E-state index in [0.717, 1.165) is 21.2 Å². The van der Waals surface area contributed by atoms with Gasteiger partial charge in [-0.05, 0) is 28.8 Å². The molecular formula is C26H22BrNO5. The number of amides is 1. The largest absolute Gasteiger partial charge is 0.456 e. The van der Waals surface area contributed by atoms with Crippen LogP contribution in [-0.4, -0.2) is 35.4 Å². The second-order valence-electron chi connectivity index (χ2n) is 7.69. The Morgan fingerprint density at radius 2 is 1.52 bits per heavy atom. The highest BCUT2D eigenvalue weighted by Gasteiger charge is 2.37. The maximum Gasteiger partial charge on any atom is 0.411 e. The lowest BCUT2D eigenvalue weighted by Gasteiger charge is -2.34. The van der Waals surface area contributed by atoms with Crippen molar-refractivity contribution in [2.75, 3.05) is 6.61 Å². The van der Waals surface area contributed by atoms with Crippen molar-refractivity contribution in [3.05, 3.63) is 106 Å². The average molecular weight is 508 g/mol. The number of rotatable bonds is 6. The Morgan fingerprint density at radius 3 is 2.24 bits per heavy atom. The molecule has 3 aromatic rings. The molecule has 0 N–H and O–H groups in total. The summed E-state index contributed by atoms with van der Waals surface area (Å²) in [4.78, 5) is 39.7. The minimum absolute atomic E-state index is 0.0988. The molecule has 168 valence electrons. The first-order valence-corrected chi connectivity index (χ1v) is 11.3. The first-order valence-electron chi connectivity index (χ1n) is 10.5. The van der Waals surface area contributed by atoms with Gasteiger partial charge in [0.15, 0.2) is 12.4 Å². The molecule has 4 rings (SSSR count). The highest BCUT2D eigenvalue weighted by Crippen LogP contribution is 2.25.